The molecule has 2 aromatic rings. The molecule has 5 nitrogen and oxygen atoms in total. The summed E-state index contributed by atoms with van der Waals surface area (Å²) in [5.74, 6) is -1.15. The van der Waals surface area contributed by atoms with Crippen LogP contribution in [0.4, 0.5) is 0 Å². The number of nitrogens with zero attached hydrogens (tertiary/aromatic N) is 2. The second kappa shape index (κ2) is 7.55. The molecule has 1 aliphatic heterocycles. The molecule has 0 saturated heterocycles. The summed E-state index contributed by atoms with van der Waals surface area (Å²) >= 11 is 0. The lowest BCUT2D eigenvalue weighted by Crippen LogP contribution is -2.37. The van der Waals surface area contributed by atoms with Gasteiger partial charge in [0.2, 0.25) is 0 Å². The van der Waals surface area contributed by atoms with Gasteiger partial charge in [0, 0.05) is 18.9 Å². The smallest absolute Gasteiger partial charge is 0.332 e. The average molecular weight is 326 g/mol. The van der Waals surface area contributed by atoms with E-state index in [1.165, 1.54) is 11.1 Å². The van der Waals surface area contributed by atoms with Crippen LogP contribution in [-0.4, -0.2) is 45.3 Å². The van der Waals surface area contributed by atoms with Crippen LogP contribution < -0.4 is 0 Å². The number of pyridine rings is 1. The van der Waals surface area contributed by atoms with Gasteiger partial charge in [0.15, 0.2) is 6.10 Å². The largest absolute Gasteiger partial charge is 0.479 e. The van der Waals surface area contributed by atoms with Crippen molar-refractivity contribution in [3.8, 4) is 0 Å². The topological polar surface area (TPSA) is 73.7 Å². The molecule has 0 aliphatic carbocycles. The monoisotopic (exact) mass is 326 g/mol. The molecule has 0 radical (unpaired) electrons. The van der Waals surface area contributed by atoms with Crippen LogP contribution in [0.5, 0.6) is 0 Å². The number of benzene rings is 1. The Morgan fingerprint density at radius 3 is 2.88 bits per heavy atom. The normalized spacial score (nSPS) is 18.8. The lowest BCUT2D eigenvalue weighted by Gasteiger charge is -2.37. The molecule has 0 saturated carbocycles. The van der Waals surface area contributed by atoms with E-state index in [-0.39, 0.29) is 12.5 Å². The fourth-order valence-corrected chi connectivity index (χ4v) is 3.40. The van der Waals surface area contributed by atoms with E-state index in [0.717, 1.165) is 25.1 Å². The van der Waals surface area contributed by atoms with Gasteiger partial charge in [-0.2, -0.15) is 0 Å². The van der Waals surface area contributed by atoms with Gasteiger partial charge in [-0.05, 0) is 48.6 Å². The highest BCUT2D eigenvalue weighted by Crippen LogP contribution is 2.34. The predicted molar refractivity (Wildman–Crippen MR) is 90.7 cm³/mol. The zero-order chi connectivity index (χ0) is 16.9. The van der Waals surface area contributed by atoms with Crippen LogP contribution in [0, 0.1) is 0 Å². The first-order valence-corrected chi connectivity index (χ1v) is 8.29. The Balaban J connectivity index is 1.79. The first-order valence-electron chi connectivity index (χ1n) is 8.29. The summed E-state index contributed by atoms with van der Waals surface area (Å²) in [4.78, 5) is 17.4. The minimum absolute atomic E-state index is 0.130. The first-order chi connectivity index (χ1) is 11.7. The SMILES string of the molecule is O=C(O)C(O)CCCN1CCc2ccccc2C1c1cccnc1. The van der Waals surface area contributed by atoms with Gasteiger partial charge in [-0.1, -0.05) is 30.3 Å². The van der Waals surface area contributed by atoms with Crippen molar-refractivity contribution in [1.29, 1.82) is 0 Å². The van der Waals surface area contributed by atoms with Crippen LogP contribution in [-0.2, 0) is 11.2 Å². The number of aromatic nitrogens is 1. The van der Waals surface area contributed by atoms with E-state index >= 15 is 0 Å². The van der Waals surface area contributed by atoms with Crippen molar-refractivity contribution in [3.05, 3.63) is 65.5 Å². The summed E-state index contributed by atoms with van der Waals surface area (Å²) in [5.41, 5.74) is 3.78. The van der Waals surface area contributed by atoms with Crippen molar-refractivity contribution in [3.63, 3.8) is 0 Å². The zero-order valence-electron chi connectivity index (χ0n) is 13.5. The molecule has 3 rings (SSSR count). The summed E-state index contributed by atoms with van der Waals surface area (Å²) in [6.45, 7) is 1.66. The van der Waals surface area contributed by atoms with Crippen molar-refractivity contribution in [1.82, 2.24) is 9.88 Å². The van der Waals surface area contributed by atoms with Gasteiger partial charge in [0.05, 0.1) is 6.04 Å². The number of rotatable bonds is 6. The van der Waals surface area contributed by atoms with Gasteiger partial charge in [-0.25, -0.2) is 4.79 Å². The van der Waals surface area contributed by atoms with Gasteiger partial charge >= 0.3 is 5.97 Å². The highest BCUT2D eigenvalue weighted by molar-refractivity contribution is 5.71. The fourth-order valence-electron chi connectivity index (χ4n) is 3.40. The number of hydrogen-bond acceptors (Lipinski definition) is 4. The summed E-state index contributed by atoms with van der Waals surface area (Å²) in [7, 11) is 0. The highest BCUT2D eigenvalue weighted by atomic mass is 16.4. The van der Waals surface area contributed by atoms with Gasteiger partial charge in [0.1, 0.15) is 0 Å². The molecule has 2 atom stereocenters. The number of aliphatic carboxylic acids is 1. The third-order valence-electron chi connectivity index (χ3n) is 4.59. The van der Waals surface area contributed by atoms with Gasteiger partial charge in [0.25, 0.3) is 0 Å². The lowest BCUT2D eigenvalue weighted by atomic mass is 9.88. The van der Waals surface area contributed by atoms with E-state index in [4.69, 9.17) is 5.11 Å². The Morgan fingerprint density at radius 2 is 2.12 bits per heavy atom. The fraction of sp³-hybridized carbons (Fsp3) is 0.368. The predicted octanol–water partition coefficient (Wildman–Crippen LogP) is 2.25. The summed E-state index contributed by atoms with van der Waals surface area (Å²) in [5, 5.41) is 18.3. The minimum atomic E-state index is -1.28. The molecule has 0 spiro atoms. The van der Waals surface area contributed by atoms with Crippen LogP contribution in [0.15, 0.2) is 48.8 Å². The van der Waals surface area contributed by atoms with Crippen LogP contribution >= 0.6 is 0 Å². The van der Waals surface area contributed by atoms with Crippen LogP contribution in [0.3, 0.4) is 0 Å². The number of fused-ring (bicyclic) bond motifs is 1. The molecule has 0 fully saturated rings. The van der Waals surface area contributed by atoms with Gasteiger partial charge < -0.3 is 10.2 Å². The lowest BCUT2D eigenvalue weighted by molar-refractivity contribution is -0.147. The molecule has 1 aromatic heterocycles. The van der Waals surface area contributed by atoms with Crippen molar-refractivity contribution in [2.24, 2.45) is 0 Å². The van der Waals surface area contributed by atoms with Crippen molar-refractivity contribution in [2.75, 3.05) is 13.1 Å². The summed E-state index contributed by atoms with van der Waals surface area (Å²) < 4.78 is 0. The van der Waals surface area contributed by atoms with Crippen LogP contribution in [0.1, 0.15) is 35.6 Å². The Kier molecular flexibility index (Phi) is 5.23. The standard InChI is InChI=1S/C19H22N2O3/c22-17(19(23)24)8-4-11-21-12-9-14-5-1-2-7-16(14)18(21)15-6-3-10-20-13-15/h1-3,5-7,10,13,17-18,22H,4,8-9,11-12H2,(H,23,24). The van der Waals surface area contributed by atoms with E-state index in [1.54, 1.807) is 6.20 Å². The molecule has 2 unspecified atom stereocenters. The molecule has 1 aliphatic rings. The van der Waals surface area contributed by atoms with E-state index in [0.29, 0.717) is 6.42 Å². The Hall–Kier alpha value is -2.24. The third-order valence-corrected chi connectivity index (χ3v) is 4.59. The molecule has 1 aromatic carbocycles. The van der Waals surface area contributed by atoms with E-state index in [1.807, 2.05) is 12.3 Å². The number of aliphatic hydroxyl groups is 1. The van der Waals surface area contributed by atoms with Gasteiger partial charge in [-0.3, -0.25) is 9.88 Å². The first kappa shape index (κ1) is 16.6. The van der Waals surface area contributed by atoms with Crippen LogP contribution in [0.2, 0.25) is 0 Å². The Morgan fingerprint density at radius 1 is 1.29 bits per heavy atom. The molecule has 24 heavy (non-hydrogen) atoms. The molecular weight excluding hydrogens is 304 g/mol. The third kappa shape index (κ3) is 3.63. The molecule has 0 amide bonds. The second-order valence-corrected chi connectivity index (χ2v) is 6.17. The van der Waals surface area contributed by atoms with Crippen LogP contribution in [0.25, 0.3) is 0 Å². The maximum atomic E-state index is 10.8. The van der Waals surface area contributed by atoms with Gasteiger partial charge in [-0.15, -0.1) is 0 Å². The maximum absolute atomic E-state index is 10.8. The highest BCUT2D eigenvalue weighted by Gasteiger charge is 2.28. The average Bonchev–Trinajstić information content (AvgIpc) is 2.62. The Labute approximate surface area is 141 Å². The number of carboxylic acids is 1. The second-order valence-electron chi connectivity index (χ2n) is 6.17. The molecular formula is C19H22N2O3. The number of carbonyl (C=O) groups is 1. The van der Waals surface area contributed by atoms with Crippen molar-refractivity contribution >= 4 is 5.97 Å². The molecule has 2 heterocycles. The Bertz CT molecular complexity index is 690. The summed E-state index contributed by atoms with van der Waals surface area (Å²) in [6, 6.07) is 12.6. The number of carboxylic acid groups (broad SMARTS) is 1. The van der Waals surface area contributed by atoms with E-state index in [2.05, 4.69) is 40.2 Å². The van der Waals surface area contributed by atoms with Crippen molar-refractivity contribution in [2.45, 2.75) is 31.4 Å². The summed E-state index contributed by atoms with van der Waals surface area (Å²) in [6.07, 6.45) is 4.28. The maximum Gasteiger partial charge on any atom is 0.332 e. The minimum Gasteiger partial charge on any atom is -0.479 e. The molecule has 5 heteroatoms. The number of hydrogen-bond donors (Lipinski definition) is 2. The number of aliphatic hydroxyl groups excluding tert-OH is 1. The molecule has 126 valence electrons. The van der Waals surface area contributed by atoms with Crippen molar-refractivity contribution < 1.29 is 15.0 Å². The zero-order valence-corrected chi connectivity index (χ0v) is 13.5. The molecule has 0 bridgehead atoms. The van der Waals surface area contributed by atoms with E-state index in [9.17, 15) is 9.90 Å². The molecule has 2 N–H and O–H groups in total. The van der Waals surface area contributed by atoms with E-state index < -0.39 is 12.1 Å². The quantitative estimate of drug-likeness (QED) is 0.852.